The highest BCUT2D eigenvalue weighted by Gasteiger charge is 2.33. The quantitative estimate of drug-likeness (QED) is 0.137. The molecule has 0 aliphatic heterocycles. The lowest BCUT2D eigenvalue weighted by atomic mass is 9.91. The third-order valence-corrected chi connectivity index (χ3v) is 19.4. The third-order valence-electron chi connectivity index (χ3n) is 19.4. The zero-order chi connectivity index (χ0) is 66.7. The Morgan fingerprint density at radius 2 is 0.604 bits per heavy atom. The van der Waals surface area contributed by atoms with Crippen molar-refractivity contribution in [3.63, 3.8) is 0 Å². The Morgan fingerprint density at radius 3 is 0.948 bits per heavy atom. The van der Waals surface area contributed by atoms with Gasteiger partial charge in [-0.2, -0.15) is 13.2 Å². The van der Waals surface area contributed by atoms with Crippen LogP contribution in [0.3, 0.4) is 0 Å². The van der Waals surface area contributed by atoms with Gasteiger partial charge < -0.3 is 9.13 Å². The lowest BCUT2D eigenvalue weighted by molar-refractivity contribution is -0.137. The van der Waals surface area contributed by atoms with Crippen LogP contribution in [0, 0.1) is 83.1 Å². The summed E-state index contributed by atoms with van der Waals surface area (Å²) in [5, 5.41) is 4.04. The molecule has 0 amide bonds. The molecule has 96 heavy (non-hydrogen) atoms. The molecule has 0 fully saturated rings. The Labute approximate surface area is 558 Å². The fourth-order valence-electron chi connectivity index (χ4n) is 15.9. The molecule has 0 aliphatic rings. The van der Waals surface area contributed by atoms with E-state index in [0.717, 1.165) is 93.8 Å². The van der Waals surface area contributed by atoms with Crippen LogP contribution in [-0.4, -0.2) is 24.1 Å². The van der Waals surface area contributed by atoms with Crippen molar-refractivity contribution in [1.82, 2.24) is 24.1 Å². The molecule has 0 bridgehead atoms. The van der Waals surface area contributed by atoms with Gasteiger partial charge in [-0.15, -0.1) is 0 Å². The van der Waals surface area contributed by atoms with Crippen LogP contribution in [0.1, 0.15) is 72.3 Å². The second kappa shape index (κ2) is 23.5. The Bertz CT molecular complexity index is 5330. The third kappa shape index (κ3) is 10.7. The molecule has 0 saturated heterocycles. The van der Waals surface area contributed by atoms with Gasteiger partial charge in [0.05, 0.1) is 33.3 Å². The van der Waals surface area contributed by atoms with Crippen molar-refractivity contribution in [2.24, 2.45) is 0 Å². The summed E-state index contributed by atoms with van der Waals surface area (Å²) in [4.78, 5) is 15.7. The maximum Gasteiger partial charge on any atom is 0.416 e. The molecule has 0 aliphatic carbocycles. The predicted molar refractivity (Wildman–Crippen MR) is 394 cm³/mol. The Balaban J connectivity index is 1.06. The van der Waals surface area contributed by atoms with Gasteiger partial charge in [0.1, 0.15) is 0 Å². The minimum Gasteiger partial charge on any atom is -0.309 e. The molecule has 5 nitrogen and oxygen atoms in total. The first-order chi connectivity index (χ1) is 46.1. The van der Waals surface area contributed by atoms with E-state index in [4.69, 9.17) is 15.0 Å². The van der Waals surface area contributed by atoms with Crippen LogP contribution in [0.2, 0.25) is 0 Å². The summed E-state index contributed by atoms with van der Waals surface area (Å²) in [6.45, 7) is 25.9. The highest BCUT2D eigenvalue weighted by molar-refractivity contribution is 6.14. The van der Waals surface area contributed by atoms with Gasteiger partial charge in [0, 0.05) is 49.5 Å². The zero-order valence-corrected chi connectivity index (χ0v) is 56.2. The van der Waals surface area contributed by atoms with Crippen molar-refractivity contribution in [3.05, 3.63) is 291 Å². The number of hydrogen-bond donors (Lipinski definition) is 0. The van der Waals surface area contributed by atoms with Crippen molar-refractivity contribution in [1.29, 1.82) is 0 Å². The maximum atomic E-state index is 16.0. The van der Waals surface area contributed by atoms with Gasteiger partial charge in [0.15, 0.2) is 17.5 Å². The van der Waals surface area contributed by atoms with E-state index < -0.39 is 11.7 Å². The average molecular weight is 1260 g/mol. The highest BCUT2D eigenvalue weighted by Crippen LogP contribution is 2.47. The number of rotatable bonds is 10. The largest absolute Gasteiger partial charge is 0.416 e. The van der Waals surface area contributed by atoms with Gasteiger partial charge in [-0.1, -0.05) is 156 Å². The molecule has 3 heterocycles. The van der Waals surface area contributed by atoms with E-state index >= 15 is 13.2 Å². The molecule has 0 spiro atoms. The molecule has 0 atom stereocenters. The Hall–Kier alpha value is -11.0. The molecule has 0 N–H and O–H groups in total. The molecule has 470 valence electrons. The van der Waals surface area contributed by atoms with Crippen LogP contribution >= 0.6 is 0 Å². The van der Waals surface area contributed by atoms with E-state index in [1.54, 1.807) is 6.07 Å². The second-order valence-corrected chi connectivity index (χ2v) is 26.7. The molecular formula is C88H72F3N5. The van der Waals surface area contributed by atoms with Crippen molar-refractivity contribution in [3.8, 4) is 101 Å². The summed E-state index contributed by atoms with van der Waals surface area (Å²) in [5.41, 5.74) is 30.2. The van der Waals surface area contributed by atoms with E-state index in [0.29, 0.717) is 39.9 Å². The van der Waals surface area contributed by atoms with Gasteiger partial charge in [0.2, 0.25) is 0 Å². The standard InChI is InChI=1S/C88H72F3N5/c1-49-35-53(5)81(54(6)36-49)63-23-30-76-71(43-63)72-44-64(82-55(7)37-50(2)38-56(82)8)24-31-77(72)95(76)68-28-29-69(87-93-85(61-19-15-13-16-20-61)92-86(94-87)62-21-17-14-18-22-62)70(48-68)75-47-67(88(89,90)91)27-34-80(75)96-78-32-25-65(83-57(9)39-51(3)40-58(83)10)45-73(78)74-46-66(26-33-79(74)96)84-59(11)41-52(4)42-60(84)12/h13-48H,1-12H3. The highest BCUT2D eigenvalue weighted by atomic mass is 19.4. The lowest BCUT2D eigenvalue weighted by Crippen LogP contribution is -2.08. The Kier molecular flexibility index (Phi) is 15.0. The van der Waals surface area contributed by atoms with Crippen molar-refractivity contribution in [2.45, 2.75) is 89.3 Å². The Morgan fingerprint density at radius 1 is 0.271 bits per heavy atom. The van der Waals surface area contributed by atoms with Crippen molar-refractivity contribution < 1.29 is 13.2 Å². The van der Waals surface area contributed by atoms with Crippen LogP contribution in [0.25, 0.3) is 145 Å². The molecule has 12 aromatic carbocycles. The lowest BCUT2D eigenvalue weighted by Gasteiger charge is -2.21. The number of aryl methyl sites for hydroxylation is 12. The first-order valence-electron chi connectivity index (χ1n) is 32.9. The van der Waals surface area contributed by atoms with E-state index in [1.165, 1.54) is 90.0 Å². The number of halogens is 3. The van der Waals surface area contributed by atoms with Crippen LogP contribution < -0.4 is 0 Å². The summed E-state index contributed by atoms with van der Waals surface area (Å²) in [5.74, 6) is 1.16. The first-order valence-corrected chi connectivity index (χ1v) is 32.9. The van der Waals surface area contributed by atoms with Gasteiger partial charge >= 0.3 is 6.18 Å². The van der Waals surface area contributed by atoms with Crippen LogP contribution in [0.5, 0.6) is 0 Å². The van der Waals surface area contributed by atoms with Gasteiger partial charge in [0.25, 0.3) is 0 Å². The number of fused-ring (bicyclic) bond motifs is 6. The van der Waals surface area contributed by atoms with E-state index in [2.05, 4.69) is 226 Å². The molecule has 0 saturated carbocycles. The van der Waals surface area contributed by atoms with Crippen molar-refractivity contribution >= 4 is 43.6 Å². The van der Waals surface area contributed by atoms with Crippen LogP contribution in [-0.2, 0) is 6.18 Å². The average Bonchev–Trinajstić information content (AvgIpc) is 1.55. The number of hydrogen-bond acceptors (Lipinski definition) is 3. The minimum absolute atomic E-state index is 0.306. The second-order valence-electron chi connectivity index (χ2n) is 26.7. The van der Waals surface area contributed by atoms with E-state index in [1.807, 2.05) is 66.7 Å². The number of nitrogens with zero attached hydrogens (tertiary/aromatic N) is 5. The van der Waals surface area contributed by atoms with E-state index in [9.17, 15) is 0 Å². The van der Waals surface area contributed by atoms with Gasteiger partial charge in [-0.3, -0.25) is 0 Å². The smallest absolute Gasteiger partial charge is 0.309 e. The summed E-state index contributed by atoms with van der Waals surface area (Å²) in [6, 6.07) is 74.4. The zero-order valence-electron chi connectivity index (χ0n) is 56.2. The molecule has 15 rings (SSSR count). The van der Waals surface area contributed by atoms with Gasteiger partial charge in [-0.05, 0) is 263 Å². The van der Waals surface area contributed by atoms with Crippen LogP contribution in [0.4, 0.5) is 13.2 Å². The molecule has 15 aromatic rings. The van der Waals surface area contributed by atoms with Crippen molar-refractivity contribution in [2.75, 3.05) is 0 Å². The fraction of sp³-hybridized carbons (Fsp3) is 0.148. The summed E-state index contributed by atoms with van der Waals surface area (Å²) < 4.78 is 52.5. The molecular weight excluding hydrogens is 1180 g/mol. The monoisotopic (exact) mass is 1260 g/mol. The summed E-state index contributed by atoms with van der Waals surface area (Å²) in [7, 11) is 0. The number of alkyl halides is 3. The molecule has 0 radical (unpaired) electrons. The number of benzene rings is 12. The van der Waals surface area contributed by atoms with E-state index in [-0.39, 0.29) is 0 Å². The molecule has 3 aromatic heterocycles. The van der Waals surface area contributed by atoms with Crippen LogP contribution in [0.15, 0.2) is 218 Å². The maximum absolute atomic E-state index is 16.0. The topological polar surface area (TPSA) is 48.5 Å². The minimum atomic E-state index is -4.72. The summed E-state index contributed by atoms with van der Waals surface area (Å²) >= 11 is 0. The SMILES string of the molecule is Cc1cc(C)c(-c2ccc3c(c2)c2cc(-c4c(C)cc(C)cc4C)ccc2n3-c2ccc(-c3nc(-c4ccccc4)nc(-c4ccccc4)n3)c(-c3cc(C(F)(F)F)ccc3-n3c4ccc(-c5c(C)cc(C)cc5C)cc4c4cc(-c5c(C)cc(C)cc5C)ccc43)c2)c(C)c1. The fourth-order valence-corrected chi connectivity index (χ4v) is 15.9. The van der Waals surface area contributed by atoms with Gasteiger partial charge in [-0.25, -0.2) is 15.0 Å². The summed E-state index contributed by atoms with van der Waals surface area (Å²) in [6.07, 6.45) is -4.72. The number of aromatic nitrogens is 5. The molecule has 8 heteroatoms. The normalized spacial score (nSPS) is 11.9. The molecule has 0 unspecified atom stereocenters. The first kappa shape index (κ1) is 61.2. The predicted octanol–water partition coefficient (Wildman–Crippen LogP) is 24.1.